The molecule has 0 aromatic carbocycles. The van der Waals surface area contributed by atoms with E-state index in [1.54, 1.807) is 0 Å². The first kappa shape index (κ1) is 53.8. The number of ether oxygens (including phenoxy) is 5. The van der Waals surface area contributed by atoms with Gasteiger partial charge >= 0.3 is 306 Å². The normalized spacial score (nSPS) is 19.4. The van der Waals surface area contributed by atoms with Gasteiger partial charge in [0.2, 0.25) is 0 Å². The van der Waals surface area contributed by atoms with E-state index in [0.29, 0.717) is 5.75 Å². The minimum atomic E-state index is -1.37. The zero-order chi connectivity index (χ0) is 41.9. The van der Waals surface area contributed by atoms with Crippen molar-refractivity contribution in [3.05, 3.63) is 0 Å². The number of unbranched alkanes of at least 4 members (excludes halogenated alkanes) is 26. The van der Waals surface area contributed by atoms with Gasteiger partial charge in [-0.05, 0) is 0 Å². The Balaban J connectivity index is 2.74. The zero-order valence-electron chi connectivity index (χ0n) is 37.3. The van der Waals surface area contributed by atoms with E-state index in [0.717, 1.165) is 0 Å². The third-order valence-corrected chi connectivity index (χ3v) is 20.1. The van der Waals surface area contributed by atoms with E-state index in [-0.39, 0.29) is 0 Å². The second-order valence-corrected chi connectivity index (χ2v) is 25.1. The van der Waals surface area contributed by atoms with Gasteiger partial charge in [0.15, 0.2) is 0 Å². The van der Waals surface area contributed by atoms with Crippen LogP contribution in [0.4, 0.5) is 0 Å². The molecular weight excluding hydrogens is 803 g/mol. The average Bonchev–Trinajstić information content (AvgIpc) is 3.15. The van der Waals surface area contributed by atoms with Crippen molar-refractivity contribution in [2.75, 3.05) is 5.75 Å². The van der Waals surface area contributed by atoms with E-state index >= 15 is 0 Å². The van der Waals surface area contributed by atoms with Crippen molar-refractivity contribution in [2.45, 2.75) is 262 Å². The van der Waals surface area contributed by atoms with Crippen LogP contribution in [-0.4, -0.2) is 73.8 Å². The fourth-order valence-electron chi connectivity index (χ4n) is 7.63. The first-order valence-electron chi connectivity index (χ1n) is 23.3. The Morgan fingerprint density at radius 3 is 1.05 bits per heavy atom. The molecule has 0 bridgehead atoms. The Kier molecular flexibility index (Phi) is 34.5. The molecule has 9 nitrogen and oxygen atoms in total. The summed E-state index contributed by atoms with van der Waals surface area (Å²) in [6.45, 7) is 9.53. The predicted octanol–water partition coefficient (Wildman–Crippen LogP) is 12.8. The minimum absolute atomic E-state index is 0.497. The Labute approximate surface area is 356 Å². The molecule has 0 saturated carbocycles. The van der Waals surface area contributed by atoms with Gasteiger partial charge in [0.1, 0.15) is 0 Å². The van der Waals surface area contributed by atoms with Crippen molar-refractivity contribution in [1.29, 1.82) is 0 Å². The Bertz CT molecular complexity index is 998. The SMILES string of the molecule is CCCCCCCCCCCCCCCC[As](CCCCCCCCCCCCCCCC)SC[C@H]1O[C@H](OC(C)=O)[C@H](OC(C)=O)[C@@H](OC(C)=O)[C@@H]1OC(C)=O. The van der Waals surface area contributed by atoms with Crippen LogP contribution in [0.15, 0.2) is 0 Å². The molecule has 334 valence electrons. The number of rotatable bonds is 37. The van der Waals surface area contributed by atoms with Crippen molar-refractivity contribution < 1.29 is 42.9 Å². The van der Waals surface area contributed by atoms with Crippen LogP contribution in [0.1, 0.15) is 221 Å². The summed E-state index contributed by atoms with van der Waals surface area (Å²) in [4.78, 5) is 48.8. The molecular formula is C46H85AsO9S. The first-order chi connectivity index (χ1) is 27.6. The van der Waals surface area contributed by atoms with Crippen LogP contribution >= 0.6 is 10.0 Å². The monoisotopic (exact) mass is 889 g/mol. The fraction of sp³-hybridized carbons (Fsp3) is 0.913. The molecule has 0 aromatic rings. The van der Waals surface area contributed by atoms with Crippen molar-refractivity contribution in [1.82, 2.24) is 0 Å². The first-order valence-corrected chi connectivity index (χ1v) is 29.2. The third kappa shape index (κ3) is 29.6. The molecule has 1 aliphatic heterocycles. The van der Waals surface area contributed by atoms with Gasteiger partial charge in [0.05, 0.1) is 0 Å². The standard InChI is InChI=1S/C46H85AsO9S/c1-7-9-11-13-15-17-19-21-23-25-27-29-31-33-35-47(36-34-32-30-28-26-24-22-20-18-16-14-12-10-8-2)57-37-42-43(52-38(3)48)44(53-39(4)49)45(54-40(5)50)46(56-42)55-41(6)51/h42-46H,7-37H2,1-6H3/t42-,43-,44+,45-,46+/m1/s1. The second kappa shape index (κ2) is 36.6. The Morgan fingerprint density at radius 1 is 0.421 bits per heavy atom. The molecule has 1 aliphatic rings. The molecule has 0 aliphatic carbocycles. The molecule has 1 saturated heterocycles. The molecule has 1 fully saturated rings. The van der Waals surface area contributed by atoms with Gasteiger partial charge in [-0.2, -0.15) is 0 Å². The molecule has 0 spiro atoms. The van der Waals surface area contributed by atoms with Crippen molar-refractivity contribution in [2.24, 2.45) is 0 Å². The average molecular weight is 889 g/mol. The number of hydrogen-bond acceptors (Lipinski definition) is 10. The molecule has 0 aromatic heterocycles. The fourth-order valence-corrected chi connectivity index (χ4v) is 16.6. The molecule has 11 heteroatoms. The van der Waals surface area contributed by atoms with E-state index in [2.05, 4.69) is 13.8 Å². The summed E-state index contributed by atoms with van der Waals surface area (Å²) in [5.41, 5.74) is 0. The molecule has 0 radical (unpaired) electrons. The third-order valence-electron chi connectivity index (χ3n) is 10.7. The number of esters is 4. The second-order valence-electron chi connectivity index (χ2n) is 16.3. The molecule has 1 heterocycles. The van der Waals surface area contributed by atoms with Crippen LogP contribution < -0.4 is 0 Å². The summed E-state index contributed by atoms with van der Waals surface area (Å²) in [5, 5.41) is 2.46. The van der Waals surface area contributed by atoms with Gasteiger partial charge in [-0.3, -0.25) is 0 Å². The molecule has 5 atom stereocenters. The molecule has 0 amide bonds. The molecule has 1 rings (SSSR count). The van der Waals surface area contributed by atoms with Crippen LogP contribution in [0.2, 0.25) is 10.4 Å². The van der Waals surface area contributed by atoms with Crippen LogP contribution in [0.5, 0.6) is 0 Å². The van der Waals surface area contributed by atoms with Crippen LogP contribution in [-0.2, 0) is 42.9 Å². The summed E-state index contributed by atoms with van der Waals surface area (Å²) in [7, 11) is 1.93. The predicted molar refractivity (Wildman–Crippen MR) is 236 cm³/mol. The molecule has 57 heavy (non-hydrogen) atoms. The summed E-state index contributed by atoms with van der Waals surface area (Å²) in [5.74, 6) is -1.99. The molecule has 0 N–H and O–H groups in total. The van der Waals surface area contributed by atoms with Gasteiger partial charge in [-0.1, -0.05) is 52.4 Å². The van der Waals surface area contributed by atoms with Crippen LogP contribution in [0, 0.1) is 0 Å². The topological polar surface area (TPSA) is 114 Å². The van der Waals surface area contributed by atoms with Gasteiger partial charge < -0.3 is 0 Å². The van der Waals surface area contributed by atoms with E-state index in [4.69, 9.17) is 23.7 Å². The van der Waals surface area contributed by atoms with Crippen molar-refractivity contribution >= 4 is 47.4 Å². The summed E-state index contributed by atoms with van der Waals surface area (Å²) in [6.07, 6.45) is 32.1. The van der Waals surface area contributed by atoms with Crippen molar-refractivity contribution in [3.63, 3.8) is 0 Å². The quantitative estimate of drug-likeness (QED) is 0.0258. The van der Waals surface area contributed by atoms with Crippen LogP contribution in [0.25, 0.3) is 0 Å². The van der Waals surface area contributed by atoms with E-state index in [9.17, 15) is 19.2 Å². The number of carbonyl (C=O) groups excluding carboxylic acids is 4. The molecule has 0 unspecified atom stereocenters. The van der Waals surface area contributed by atoms with Crippen molar-refractivity contribution in [3.8, 4) is 0 Å². The maximum atomic E-state index is 12.3. The maximum absolute atomic E-state index is 12.3. The van der Waals surface area contributed by atoms with E-state index in [1.807, 2.05) is 10.0 Å². The van der Waals surface area contributed by atoms with Gasteiger partial charge in [-0.25, -0.2) is 0 Å². The summed E-state index contributed by atoms with van der Waals surface area (Å²) >= 11 is -1.37. The Morgan fingerprint density at radius 2 is 0.719 bits per heavy atom. The number of hydrogen-bond donors (Lipinski definition) is 0. The zero-order valence-corrected chi connectivity index (χ0v) is 40.0. The van der Waals surface area contributed by atoms with Gasteiger partial charge in [0.25, 0.3) is 0 Å². The summed E-state index contributed by atoms with van der Waals surface area (Å²) in [6, 6.07) is 0. The van der Waals surface area contributed by atoms with E-state index in [1.165, 1.54) is 218 Å². The summed E-state index contributed by atoms with van der Waals surface area (Å²) < 4.78 is 28.5. The van der Waals surface area contributed by atoms with Gasteiger partial charge in [-0.15, -0.1) is 0 Å². The van der Waals surface area contributed by atoms with Gasteiger partial charge in [0, 0.05) is 0 Å². The van der Waals surface area contributed by atoms with Crippen LogP contribution in [0.3, 0.4) is 0 Å². The Hall–Kier alpha value is -1.25. The van der Waals surface area contributed by atoms with E-state index < -0.39 is 68.1 Å². The number of carbonyl (C=O) groups is 4.